The summed E-state index contributed by atoms with van der Waals surface area (Å²) in [5.74, 6) is 0. The zero-order valence-corrected chi connectivity index (χ0v) is 49.0. The number of rotatable bonds is 16. The molecule has 1 aromatic heterocycles. The fraction of sp³-hybridized carbons (Fsp3) is 0. The number of hydrogen-bond acceptors (Lipinski definition) is 4. The monoisotopic (exact) mass is 1140 g/mol. The Kier molecular flexibility index (Phi) is 14.6. The van der Waals surface area contributed by atoms with E-state index in [9.17, 15) is 0 Å². The highest BCUT2D eigenvalue weighted by Gasteiger charge is 2.23. The molecule has 0 saturated heterocycles. The van der Waals surface area contributed by atoms with E-state index in [0.29, 0.717) is 0 Å². The van der Waals surface area contributed by atoms with Crippen molar-refractivity contribution in [2.24, 2.45) is 0 Å². The first-order valence-electron chi connectivity index (χ1n) is 30.3. The van der Waals surface area contributed by atoms with Crippen molar-refractivity contribution in [1.82, 2.24) is 4.57 Å². The molecule has 0 atom stereocenters. The summed E-state index contributed by atoms with van der Waals surface area (Å²) in [7, 11) is 0. The lowest BCUT2D eigenvalue weighted by Crippen LogP contribution is -2.12. The molecule has 0 N–H and O–H groups in total. The van der Waals surface area contributed by atoms with Crippen LogP contribution >= 0.6 is 0 Å². The molecule has 0 saturated carbocycles. The maximum absolute atomic E-state index is 2.42. The third-order valence-electron chi connectivity index (χ3n) is 16.7. The Balaban J connectivity index is 0.880. The van der Waals surface area contributed by atoms with Crippen molar-refractivity contribution in [3.8, 4) is 39.1 Å². The molecular weight excluding hydrogens is 1080 g/mol. The van der Waals surface area contributed by atoms with Gasteiger partial charge in [-0.3, -0.25) is 0 Å². The van der Waals surface area contributed by atoms with Crippen molar-refractivity contribution in [3.63, 3.8) is 0 Å². The SMILES string of the molecule is c1ccc(N(c2ccccc2)c2ccc(N(c3ccccc3)c3cccc(-c4cccc(-c5cccc(N(c6ccccc6)c6ccc(N(c7ccccc7)c7ccccc7)cc6)c5)c4-c4ccc5c(c4)c4ccccc4n5-c4ccccc4)c3)cc2)cc1. The van der Waals surface area contributed by atoms with E-state index in [1.54, 1.807) is 0 Å². The van der Waals surface area contributed by atoms with Gasteiger partial charge in [0, 0.05) is 84.7 Å². The largest absolute Gasteiger partial charge is 0.311 e. The van der Waals surface area contributed by atoms with Gasteiger partial charge in [0.2, 0.25) is 0 Å². The van der Waals surface area contributed by atoms with Crippen molar-refractivity contribution in [3.05, 3.63) is 370 Å². The fourth-order valence-electron chi connectivity index (χ4n) is 12.7. The second-order valence-electron chi connectivity index (χ2n) is 22.1. The molecule has 5 heteroatoms. The van der Waals surface area contributed by atoms with Gasteiger partial charge in [0.25, 0.3) is 0 Å². The third kappa shape index (κ3) is 10.6. The molecule has 5 nitrogen and oxygen atoms in total. The zero-order valence-electron chi connectivity index (χ0n) is 49.0. The second-order valence-corrected chi connectivity index (χ2v) is 22.1. The number of anilines is 12. The molecule has 15 aromatic rings. The van der Waals surface area contributed by atoms with Gasteiger partial charge in [-0.05, 0) is 209 Å². The van der Waals surface area contributed by atoms with Gasteiger partial charge in [-0.25, -0.2) is 0 Å². The van der Waals surface area contributed by atoms with E-state index in [1.807, 2.05) is 0 Å². The Labute approximate surface area is 520 Å². The standard InChI is InChI=1S/C84H61N5/c1-8-29-65(30-9-1)85(66-31-10-2-11-32-66)72-50-54-74(55-51-72)87(69-37-16-5-17-38-69)76-43-24-27-62(59-76)78-46-26-47-79(84(78)64-49-58-83-81(61-64)80-45-22-23-48-82(80)89(83)71-41-20-7-21-42-71)63-28-25-44-77(60-63)88(70-39-18-6-19-40-70)75-56-52-73(53-57-75)86(67-33-12-3-13-34-67)68-35-14-4-15-36-68/h1-61H. The molecular formula is C84H61N5. The minimum Gasteiger partial charge on any atom is -0.311 e. The highest BCUT2D eigenvalue weighted by Crippen LogP contribution is 2.47. The summed E-state index contributed by atoms with van der Waals surface area (Å²) < 4.78 is 2.39. The highest BCUT2D eigenvalue weighted by atomic mass is 15.2. The van der Waals surface area contributed by atoms with E-state index in [1.165, 1.54) is 16.3 Å². The van der Waals surface area contributed by atoms with E-state index >= 15 is 0 Å². The molecule has 0 aliphatic carbocycles. The summed E-state index contributed by atoms with van der Waals surface area (Å²) >= 11 is 0. The smallest absolute Gasteiger partial charge is 0.0541 e. The number of hydrogen-bond donors (Lipinski definition) is 0. The van der Waals surface area contributed by atoms with Crippen molar-refractivity contribution in [1.29, 1.82) is 0 Å². The van der Waals surface area contributed by atoms with Gasteiger partial charge in [-0.15, -0.1) is 0 Å². The molecule has 0 bridgehead atoms. The third-order valence-corrected chi connectivity index (χ3v) is 16.7. The van der Waals surface area contributed by atoms with Crippen molar-refractivity contribution >= 4 is 90.1 Å². The van der Waals surface area contributed by atoms with Crippen LogP contribution in [0.4, 0.5) is 68.2 Å². The number of aromatic nitrogens is 1. The first kappa shape index (κ1) is 53.8. The summed E-state index contributed by atoms with van der Waals surface area (Å²) in [6.45, 7) is 0. The number of nitrogens with zero attached hydrogens (tertiary/aromatic N) is 5. The van der Waals surface area contributed by atoms with Gasteiger partial charge in [0.05, 0.1) is 11.0 Å². The van der Waals surface area contributed by atoms with Crippen LogP contribution in [-0.2, 0) is 0 Å². The van der Waals surface area contributed by atoms with Gasteiger partial charge in [0.1, 0.15) is 0 Å². The van der Waals surface area contributed by atoms with Crippen LogP contribution in [0.1, 0.15) is 0 Å². The van der Waals surface area contributed by atoms with Crippen LogP contribution in [-0.4, -0.2) is 4.57 Å². The lowest BCUT2D eigenvalue weighted by atomic mass is 9.87. The van der Waals surface area contributed by atoms with Gasteiger partial charge in [-0.1, -0.05) is 194 Å². The van der Waals surface area contributed by atoms with Gasteiger partial charge in [0.15, 0.2) is 0 Å². The van der Waals surface area contributed by atoms with E-state index < -0.39 is 0 Å². The Morgan fingerprint density at radius 3 is 0.854 bits per heavy atom. The van der Waals surface area contributed by atoms with E-state index in [0.717, 1.165) is 113 Å². The topological polar surface area (TPSA) is 17.9 Å². The molecule has 0 unspecified atom stereocenters. The normalized spacial score (nSPS) is 11.1. The second kappa shape index (κ2) is 24.2. The summed E-state index contributed by atoms with van der Waals surface area (Å²) in [6, 6.07) is 133. The maximum Gasteiger partial charge on any atom is 0.0541 e. The molecule has 14 aromatic carbocycles. The van der Waals surface area contributed by atoms with E-state index in [4.69, 9.17) is 0 Å². The molecule has 0 spiro atoms. The van der Waals surface area contributed by atoms with Crippen LogP contribution in [0.15, 0.2) is 370 Å². The number of fused-ring (bicyclic) bond motifs is 3. The van der Waals surface area contributed by atoms with Gasteiger partial charge in [-0.2, -0.15) is 0 Å². The minimum atomic E-state index is 1.05. The lowest BCUT2D eigenvalue weighted by Gasteiger charge is -2.29. The summed E-state index contributed by atoms with van der Waals surface area (Å²) in [6.07, 6.45) is 0. The van der Waals surface area contributed by atoms with Crippen molar-refractivity contribution in [2.75, 3.05) is 19.6 Å². The predicted molar refractivity (Wildman–Crippen MR) is 376 cm³/mol. The van der Waals surface area contributed by atoms with Gasteiger partial charge >= 0.3 is 0 Å². The molecule has 0 radical (unpaired) electrons. The molecule has 0 amide bonds. The Hall–Kier alpha value is -11.9. The van der Waals surface area contributed by atoms with Gasteiger partial charge < -0.3 is 24.2 Å². The Morgan fingerprint density at radius 1 is 0.180 bits per heavy atom. The number of para-hydroxylation sites is 8. The van der Waals surface area contributed by atoms with Crippen LogP contribution in [0.25, 0.3) is 60.9 Å². The van der Waals surface area contributed by atoms with Crippen LogP contribution in [0, 0.1) is 0 Å². The molecule has 0 aliphatic rings. The lowest BCUT2D eigenvalue weighted by molar-refractivity contribution is 1.18. The van der Waals surface area contributed by atoms with Crippen LogP contribution in [0.5, 0.6) is 0 Å². The number of benzene rings is 14. The average molecular weight is 1140 g/mol. The fourth-order valence-corrected chi connectivity index (χ4v) is 12.7. The minimum absolute atomic E-state index is 1.05. The molecule has 1 heterocycles. The molecule has 15 rings (SSSR count). The van der Waals surface area contributed by atoms with E-state index in [-0.39, 0.29) is 0 Å². The molecule has 422 valence electrons. The first-order valence-corrected chi connectivity index (χ1v) is 30.3. The zero-order chi connectivity index (χ0) is 59.3. The maximum atomic E-state index is 2.42. The van der Waals surface area contributed by atoms with Crippen LogP contribution < -0.4 is 19.6 Å². The predicted octanol–water partition coefficient (Wildman–Crippen LogP) is 23.7. The first-order chi connectivity index (χ1) is 44.2. The summed E-state index contributed by atoms with van der Waals surface area (Å²) in [5.41, 5.74) is 23.0. The van der Waals surface area contributed by atoms with Crippen molar-refractivity contribution in [2.45, 2.75) is 0 Å². The molecule has 89 heavy (non-hydrogen) atoms. The van der Waals surface area contributed by atoms with Crippen LogP contribution in [0.2, 0.25) is 0 Å². The summed E-state index contributed by atoms with van der Waals surface area (Å²) in [5, 5.41) is 2.40. The summed E-state index contributed by atoms with van der Waals surface area (Å²) in [4.78, 5) is 9.35. The molecule has 0 fully saturated rings. The average Bonchev–Trinajstić information content (AvgIpc) is 1.92. The van der Waals surface area contributed by atoms with E-state index in [2.05, 4.69) is 394 Å². The molecule has 0 aliphatic heterocycles. The Bertz CT molecular complexity index is 4560. The van der Waals surface area contributed by atoms with Crippen molar-refractivity contribution < 1.29 is 0 Å². The highest BCUT2D eigenvalue weighted by molar-refractivity contribution is 6.11. The Morgan fingerprint density at radius 2 is 0.472 bits per heavy atom. The quantitative estimate of drug-likeness (QED) is 0.0959. The van der Waals surface area contributed by atoms with Crippen LogP contribution in [0.3, 0.4) is 0 Å².